The zero-order chi connectivity index (χ0) is 24.6. The number of nitrogens with zero attached hydrogens (tertiary/aromatic N) is 2. The standard InChI is InChI=1S/C29H26FN3O3/c1-35-25-12-3-2-11-24(25)32-29-23(28(34)31-21-9-4-8-20(30)17-21)16-19-15-18-7-5-13-33-14-6-10-22(26(18)33)27(19)36-29/h2-4,8-9,11-12,15-17H,5-7,10,13-14H2,1H3,(H,31,34). The van der Waals surface area contributed by atoms with Gasteiger partial charge in [-0.3, -0.25) is 4.79 Å². The van der Waals surface area contributed by atoms with Crippen LogP contribution in [0.15, 0.2) is 70.1 Å². The summed E-state index contributed by atoms with van der Waals surface area (Å²) in [7, 11) is 1.58. The summed E-state index contributed by atoms with van der Waals surface area (Å²) in [6.07, 6.45) is 4.10. The van der Waals surface area contributed by atoms with E-state index >= 15 is 0 Å². The van der Waals surface area contributed by atoms with E-state index in [2.05, 4.69) is 16.3 Å². The molecule has 182 valence electrons. The number of rotatable bonds is 4. The number of anilines is 2. The lowest BCUT2D eigenvalue weighted by atomic mass is 9.90. The van der Waals surface area contributed by atoms with E-state index in [1.54, 1.807) is 19.2 Å². The van der Waals surface area contributed by atoms with Crippen LogP contribution in [0.1, 0.15) is 34.3 Å². The lowest BCUT2D eigenvalue weighted by Gasteiger charge is -2.37. The first-order valence-electron chi connectivity index (χ1n) is 12.2. The first-order chi connectivity index (χ1) is 17.6. The number of halogens is 1. The van der Waals surface area contributed by atoms with Crippen molar-refractivity contribution >= 4 is 33.9 Å². The summed E-state index contributed by atoms with van der Waals surface area (Å²) < 4.78 is 25.7. The monoisotopic (exact) mass is 483 g/mol. The molecule has 1 aromatic heterocycles. The second-order valence-corrected chi connectivity index (χ2v) is 9.19. The maximum Gasteiger partial charge on any atom is 0.261 e. The van der Waals surface area contributed by atoms with Gasteiger partial charge in [0.2, 0.25) is 5.55 Å². The third-order valence-electron chi connectivity index (χ3n) is 6.86. The maximum absolute atomic E-state index is 13.8. The molecule has 4 aromatic rings. The van der Waals surface area contributed by atoms with Crippen LogP contribution in [0.3, 0.4) is 0 Å². The van der Waals surface area contributed by atoms with E-state index < -0.39 is 11.7 Å². The molecular weight excluding hydrogens is 457 g/mol. The number of carbonyl (C=O) groups is 1. The Bertz CT molecular complexity index is 1560. The van der Waals surface area contributed by atoms with Crippen molar-refractivity contribution in [3.05, 3.63) is 88.7 Å². The smallest absolute Gasteiger partial charge is 0.261 e. The van der Waals surface area contributed by atoms with Gasteiger partial charge in [0.15, 0.2) is 0 Å². The minimum atomic E-state index is -0.426. The number of hydrogen-bond acceptors (Lipinski definition) is 5. The third kappa shape index (κ3) is 4.00. The Kier molecular flexibility index (Phi) is 5.68. The van der Waals surface area contributed by atoms with Crippen LogP contribution in [0.25, 0.3) is 11.0 Å². The molecule has 2 aliphatic heterocycles. The molecule has 36 heavy (non-hydrogen) atoms. The van der Waals surface area contributed by atoms with E-state index in [0.717, 1.165) is 49.7 Å². The van der Waals surface area contributed by atoms with E-state index in [1.165, 1.54) is 28.9 Å². The summed E-state index contributed by atoms with van der Waals surface area (Å²) in [4.78, 5) is 20.6. The number of ether oxygens (including phenoxy) is 1. The number of nitrogens with one attached hydrogen (secondary N) is 1. The predicted octanol–water partition coefficient (Wildman–Crippen LogP) is 5.76. The summed E-state index contributed by atoms with van der Waals surface area (Å²) in [5.41, 5.74) is 5.89. The summed E-state index contributed by atoms with van der Waals surface area (Å²) in [6.45, 7) is 2.11. The predicted molar refractivity (Wildman–Crippen MR) is 138 cm³/mol. The molecule has 7 heteroatoms. The number of amides is 1. The molecule has 0 saturated carbocycles. The van der Waals surface area contributed by atoms with E-state index in [4.69, 9.17) is 14.1 Å². The topological polar surface area (TPSA) is 67.1 Å². The average molecular weight is 484 g/mol. The summed E-state index contributed by atoms with van der Waals surface area (Å²) in [6, 6.07) is 17.1. The molecule has 0 radical (unpaired) electrons. The minimum absolute atomic E-state index is 0.185. The Morgan fingerprint density at radius 1 is 1.06 bits per heavy atom. The number of fused-ring (bicyclic) bond motifs is 2. The van der Waals surface area contributed by atoms with Crippen LogP contribution in [0.4, 0.5) is 21.5 Å². The lowest BCUT2D eigenvalue weighted by Crippen LogP contribution is -2.34. The molecule has 1 N–H and O–H groups in total. The molecule has 3 aromatic carbocycles. The van der Waals surface area contributed by atoms with Crippen LogP contribution in [-0.2, 0) is 12.8 Å². The molecule has 6 rings (SSSR count). The molecule has 0 unspecified atom stereocenters. The van der Waals surface area contributed by atoms with Crippen molar-refractivity contribution in [3.8, 4) is 5.75 Å². The molecule has 1 amide bonds. The molecule has 6 nitrogen and oxygen atoms in total. The molecule has 0 saturated heterocycles. The highest BCUT2D eigenvalue weighted by Crippen LogP contribution is 2.40. The molecule has 0 spiro atoms. The van der Waals surface area contributed by atoms with E-state index in [0.29, 0.717) is 17.1 Å². The van der Waals surface area contributed by atoms with Crippen molar-refractivity contribution in [2.45, 2.75) is 25.7 Å². The fraction of sp³-hybridized carbons (Fsp3) is 0.241. The Balaban J connectivity index is 1.57. The van der Waals surface area contributed by atoms with Crippen molar-refractivity contribution in [3.63, 3.8) is 0 Å². The van der Waals surface area contributed by atoms with Crippen LogP contribution in [0.5, 0.6) is 5.75 Å². The zero-order valence-corrected chi connectivity index (χ0v) is 20.0. The zero-order valence-electron chi connectivity index (χ0n) is 20.0. The highest BCUT2D eigenvalue weighted by atomic mass is 19.1. The fourth-order valence-corrected chi connectivity index (χ4v) is 5.29. The molecule has 0 aliphatic carbocycles. The minimum Gasteiger partial charge on any atom is -0.494 e. The summed E-state index contributed by atoms with van der Waals surface area (Å²) in [5, 5.41) is 3.66. The largest absolute Gasteiger partial charge is 0.494 e. The number of aryl methyl sites for hydroxylation is 2. The van der Waals surface area contributed by atoms with Gasteiger partial charge in [0.05, 0.1) is 7.11 Å². The van der Waals surface area contributed by atoms with Crippen LogP contribution in [0, 0.1) is 5.82 Å². The Hall–Kier alpha value is -4.13. The molecule has 0 fully saturated rings. The van der Waals surface area contributed by atoms with Gasteiger partial charge in [0.1, 0.15) is 28.4 Å². The third-order valence-corrected chi connectivity index (χ3v) is 6.86. The second-order valence-electron chi connectivity index (χ2n) is 9.19. The number of para-hydroxylation sites is 2. The van der Waals surface area contributed by atoms with Gasteiger partial charge < -0.3 is 19.4 Å². The Morgan fingerprint density at radius 3 is 2.72 bits per heavy atom. The van der Waals surface area contributed by atoms with Crippen LogP contribution in [-0.4, -0.2) is 26.1 Å². The highest BCUT2D eigenvalue weighted by molar-refractivity contribution is 6.06. The van der Waals surface area contributed by atoms with E-state index in [9.17, 15) is 9.18 Å². The van der Waals surface area contributed by atoms with Gasteiger partial charge in [0.25, 0.3) is 5.91 Å². The summed E-state index contributed by atoms with van der Waals surface area (Å²) >= 11 is 0. The normalized spacial score (nSPS) is 15.1. The average Bonchev–Trinajstić information content (AvgIpc) is 2.89. The van der Waals surface area contributed by atoms with Crippen molar-refractivity contribution in [1.29, 1.82) is 0 Å². The molecule has 2 aliphatic rings. The molecule has 0 bridgehead atoms. The van der Waals surface area contributed by atoms with Gasteiger partial charge in [-0.15, -0.1) is 0 Å². The number of benzene rings is 3. The number of methoxy groups -OCH3 is 1. The first kappa shape index (κ1) is 22.3. The molecular formula is C29H26FN3O3. The first-order valence-corrected chi connectivity index (χ1v) is 12.2. The van der Waals surface area contributed by atoms with Gasteiger partial charge in [-0.05, 0) is 73.7 Å². The van der Waals surface area contributed by atoms with E-state index in [1.807, 2.05) is 30.3 Å². The van der Waals surface area contributed by atoms with Gasteiger partial charge in [-0.25, -0.2) is 9.38 Å². The van der Waals surface area contributed by atoms with Crippen molar-refractivity contribution in [1.82, 2.24) is 0 Å². The van der Waals surface area contributed by atoms with Crippen molar-refractivity contribution < 1.29 is 18.3 Å². The number of hydrogen-bond donors (Lipinski definition) is 1. The van der Waals surface area contributed by atoms with Gasteiger partial charge in [-0.2, -0.15) is 0 Å². The van der Waals surface area contributed by atoms with E-state index in [-0.39, 0.29) is 11.1 Å². The highest BCUT2D eigenvalue weighted by Gasteiger charge is 2.27. The SMILES string of the molecule is COc1ccccc1N=c1oc2c3c4c(cc2cc1C(=O)Nc1cccc(F)c1)CCCN4CCC3. The Labute approximate surface area is 208 Å². The maximum atomic E-state index is 13.8. The quantitative estimate of drug-likeness (QED) is 0.401. The van der Waals surface area contributed by atoms with Crippen LogP contribution < -0.4 is 20.5 Å². The lowest BCUT2D eigenvalue weighted by molar-refractivity contribution is 0.102. The van der Waals surface area contributed by atoms with Crippen molar-refractivity contribution in [2.24, 2.45) is 4.99 Å². The van der Waals surface area contributed by atoms with Crippen LogP contribution >= 0.6 is 0 Å². The van der Waals surface area contributed by atoms with Gasteiger partial charge >= 0.3 is 0 Å². The Morgan fingerprint density at radius 2 is 1.89 bits per heavy atom. The fourth-order valence-electron chi connectivity index (χ4n) is 5.29. The second kappa shape index (κ2) is 9.15. The van der Waals surface area contributed by atoms with Crippen molar-refractivity contribution in [2.75, 3.05) is 30.4 Å². The number of carbonyl (C=O) groups excluding carboxylic acids is 1. The van der Waals surface area contributed by atoms with Gasteiger partial charge in [-0.1, -0.05) is 18.2 Å². The van der Waals surface area contributed by atoms with Crippen LogP contribution in [0.2, 0.25) is 0 Å². The van der Waals surface area contributed by atoms with Gasteiger partial charge in [0, 0.05) is 35.4 Å². The molecule has 0 atom stereocenters. The summed E-state index contributed by atoms with van der Waals surface area (Å²) in [5.74, 6) is -0.277. The molecule has 3 heterocycles.